The number of aromatic nitrogens is 1. The Kier molecular flexibility index (Phi) is 5.28. The van der Waals surface area contributed by atoms with E-state index in [4.69, 9.17) is 4.74 Å². The van der Waals surface area contributed by atoms with Crippen LogP contribution in [0.5, 0.6) is 0 Å². The zero-order valence-corrected chi connectivity index (χ0v) is 14.4. The lowest BCUT2D eigenvalue weighted by molar-refractivity contribution is -0.147. The number of hydrazone groups is 1. The van der Waals surface area contributed by atoms with Gasteiger partial charge < -0.3 is 4.74 Å². The van der Waals surface area contributed by atoms with Gasteiger partial charge in [0.1, 0.15) is 6.10 Å². The van der Waals surface area contributed by atoms with Gasteiger partial charge in [0.2, 0.25) is 0 Å². The third-order valence-corrected chi connectivity index (χ3v) is 4.78. The first-order chi connectivity index (χ1) is 11.7. The van der Waals surface area contributed by atoms with E-state index >= 15 is 0 Å². The van der Waals surface area contributed by atoms with Gasteiger partial charge in [-0.1, -0.05) is 25.8 Å². The number of carbonyl (C=O) groups is 1. The number of allylic oxidation sites excluding steroid dienone is 1. The van der Waals surface area contributed by atoms with Crippen molar-refractivity contribution in [2.45, 2.75) is 58.5 Å². The first-order valence-electron chi connectivity index (χ1n) is 8.85. The molecule has 128 valence electrons. The van der Waals surface area contributed by atoms with Gasteiger partial charge in [0, 0.05) is 24.2 Å². The van der Waals surface area contributed by atoms with E-state index in [2.05, 4.69) is 15.5 Å². The molecule has 5 heteroatoms. The molecule has 1 N–H and O–H groups in total. The predicted octanol–water partition coefficient (Wildman–Crippen LogP) is 3.57. The molecule has 0 spiro atoms. The average molecular weight is 327 g/mol. The Morgan fingerprint density at radius 2 is 2.12 bits per heavy atom. The lowest BCUT2D eigenvalue weighted by atomic mass is 9.79. The molecule has 2 heterocycles. The number of pyridine rings is 1. The molecule has 1 fully saturated rings. The number of nitrogens with zero attached hydrogens (tertiary/aromatic N) is 2. The van der Waals surface area contributed by atoms with Crippen LogP contribution in [-0.4, -0.2) is 22.8 Å². The molecule has 1 aliphatic heterocycles. The summed E-state index contributed by atoms with van der Waals surface area (Å²) >= 11 is 0. The van der Waals surface area contributed by atoms with Crippen molar-refractivity contribution in [2.24, 2.45) is 11.0 Å². The van der Waals surface area contributed by atoms with Crippen LogP contribution in [0.2, 0.25) is 0 Å². The van der Waals surface area contributed by atoms with E-state index < -0.39 is 0 Å². The number of esters is 1. The molecular formula is C19H25N3O2. The van der Waals surface area contributed by atoms with E-state index in [1.165, 1.54) is 5.57 Å². The highest BCUT2D eigenvalue weighted by molar-refractivity contribution is 6.03. The van der Waals surface area contributed by atoms with Crippen molar-refractivity contribution in [3.63, 3.8) is 0 Å². The Labute approximate surface area is 143 Å². The van der Waals surface area contributed by atoms with Gasteiger partial charge in [-0.25, -0.2) is 0 Å². The normalized spacial score (nSPS) is 24.2. The van der Waals surface area contributed by atoms with Crippen molar-refractivity contribution in [1.82, 2.24) is 10.4 Å². The number of carbonyl (C=O) groups excluding carboxylic acids is 1. The summed E-state index contributed by atoms with van der Waals surface area (Å²) in [7, 11) is 0. The Morgan fingerprint density at radius 1 is 1.29 bits per heavy atom. The quantitative estimate of drug-likeness (QED) is 0.862. The van der Waals surface area contributed by atoms with E-state index in [9.17, 15) is 4.79 Å². The van der Waals surface area contributed by atoms with Gasteiger partial charge in [0.15, 0.2) is 0 Å². The third kappa shape index (κ3) is 3.50. The van der Waals surface area contributed by atoms with E-state index in [1.807, 2.05) is 32.0 Å². The molecule has 2 aliphatic rings. The average Bonchev–Trinajstić information content (AvgIpc) is 2.59. The Hall–Kier alpha value is -2.17. The number of hydrogen-bond acceptors (Lipinski definition) is 5. The molecule has 0 aromatic carbocycles. The fraction of sp³-hybridized carbons (Fsp3) is 0.526. The number of fused-ring (bicyclic) bond motifs is 1. The summed E-state index contributed by atoms with van der Waals surface area (Å²) in [6, 6.07) is 5.88. The van der Waals surface area contributed by atoms with Gasteiger partial charge in [-0.15, -0.1) is 0 Å². The lowest BCUT2D eigenvalue weighted by Crippen LogP contribution is -2.37. The molecule has 2 unspecified atom stereocenters. The highest BCUT2D eigenvalue weighted by Gasteiger charge is 2.35. The van der Waals surface area contributed by atoms with Crippen molar-refractivity contribution in [1.29, 1.82) is 0 Å². The standard InChI is InChI=1S/C19H25N3O2/c1-3-17(23)24-16-11-6-4-5-9-14-18(16)13(2)21-22-19(14)15-10-7-8-12-20-15/h7-8,10,12,14,16,21H,3-6,9,11H2,1-2H3. The monoisotopic (exact) mass is 327 g/mol. The molecule has 5 nitrogen and oxygen atoms in total. The predicted molar refractivity (Wildman–Crippen MR) is 93.4 cm³/mol. The minimum atomic E-state index is -0.163. The number of hydrogen-bond donors (Lipinski definition) is 1. The minimum absolute atomic E-state index is 0.137. The lowest BCUT2D eigenvalue weighted by Gasteiger charge is -2.34. The summed E-state index contributed by atoms with van der Waals surface area (Å²) in [5, 5.41) is 4.58. The molecule has 3 rings (SSSR count). The van der Waals surface area contributed by atoms with Crippen molar-refractivity contribution < 1.29 is 9.53 Å². The van der Waals surface area contributed by atoms with Crippen LogP contribution in [0.3, 0.4) is 0 Å². The van der Waals surface area contributed by atoms with Crippen LogP contribution < -0.4 is 5.43 Å². The molecule has 24 heavy (non-hydrogen) atoms. The molecule has 1 saturated carbocycles. The maximum absolute atomic E-state index is 11.9. The zero-order valence-electron chi connectivity index (χ0n) is 14.4. The van der Waals surface area contributed by atoms with Gasteiger partial charge in [-0.2, -0.15) is 5.10 Å². The van der Waals surface area contributed by atoms with E-state index in [-0.39, 0.29) is 18.0 Å². The van der Waals surface area contributed by atoms with Gasteiger partial charge >= 0.3 is 5.97 Å². The largest absolute Gasteiger partial charge is 0.458 e. The maximum atomic E-state index is 11.9. The molecule has 0 bridgehead atoms. The first-order valence-corrected chi connectivity index (χ1v) is 8.85. The van der Waals surface area contributed by atoms with Crippen molar-refractivity contribution in [3.05, 3.63) is 41.4 Å². The molecule has 0 radical (unpaired) electrons. The summed E-state index contributed by atoms with van der Waals surface area (Å²) in [4.78, 5) is 16.4. The van der Waals surface area contributed by atoms with Crippen LogP contribution in [-0.2, 0) is 9.53 Å². The number of nitrogens with one attached hydrogen (secondary N) is 1. The fourth-order valence-electron chi connectivity index (χ4n) is 3.58. The van der Waals surface area contributed by atoms with Crippen LogP contribution in [0.25, 0.3) is 0 Å². The molecule has 0 amide bonds. The molecule has 1 aromatic heterocycles. The van der Waals surface area contributed by atoms with Gasteiger partial charge in [0.05, 0.1) is 11.4 Å². The molecule has 2 atom stereocenters. The van der Waals surface area contributed by atoms with Crippen LogP contribution in [0.4, 0.5) is 0 Å². The van der Waals surface area contributed by atoms with Crippen molar-refractivity contribution in [2.75, 3.05) is 0 Å². The van der Waals surface area contributed by atoms with Gasteiger partial charge in [-0.05, 0) is 43.9 Å². The highest BCUT2D eigenvalue weighted by atomic mass is 16.5. The molecule has 0 saturated heterocycles. The summed E-state index contributed by atoms with van der Waals surface area (Å²) in [5.74, 6) is 0.0256. The SMILES string of the molecule is CCC(=O)OC1CCCCCC2C(c3ccccn3)=NNC(C)=C12. The van der Waals surface area contributed by atoms with Gasteiger partial charge in [0.25, 0.3) is 0 Å². The second kappa shape index (κ2) is 7.60. The highest BCUT2D eigenvalue weighted by Crippen LogP contribution is 2.35. The summed E-state index contributed by atoms with van der Waals surface area (Å²) < 4.78 is 5.79. The molecule has 1 aliphatic carbocycles. The van der Waals surface area contributed by atoms with E-state index in [0.717, 1.165) is 49.2 Å². The van der Waals surface area contributed by atoms with E-state index in [0.29, 0.717) is 6.42 Å². The smallest absolute Gasteiger partial charge is 0.306 e. The van der Waals surface area contributed by atoms with Crippen LogP contribution >= 0.6 is 0 Å². The third-order valence-electron chi connectivity index (χ3n) is 4.78. The minimum Gasteiger partial charge on any atom is -0.458 e. The Balaban J connectivity index is 1.95. The molecule has 1 aromatic rings. The summed E-state index contributed by atoms with van der Waals surface area (Å²) in [5.41, 5.74) is 7.16. The Morgan fingerprint density at radius 3 is 2.88 bits per heavy atom. The summed E-state index contributed by atoms with van der Waals surface area (Å²) in [6.07, 6.45) is 7.33. The van der Waals surface area contributed by atoms with Gasteiger partial charge in [-0.3, -0.25) is 15.2 Å². The number of ether oxygens (including phenoxy) is 1. The van der Waals surface area contributed by atoms with Crippen LogP contribution in [0.1, 0.15) is 58.1 Å². The van der Waals surface area contributed by atoms with Crippen LogP contribution in [0.15, 0.2) is 40.8 Å². The van der Waals surface area contributed by atoms with E-state index in [1.54, 1.807) is 6.20 Å². The second-order valence-corrected chi connectivity index (χ2v) is 6.43. The second-order valence-electron chi connectivity index (χ2n) is 6.43. The zero-order chi connectivity index (χ0) is 16.9. The fourth-order valence-corrected chi connectivity index (χ4v) is 3.58. The Bertz CT molecular complexity index is 652. The topological polar surface area (TPSA) is 63.6 Å². The van der Waals surface area contributed by atoms with Crippen LogP contribution in [0, 0.1) is 5.92 Å². The summed E-state index contributed by atoms with van der Waals surface area (Å²) in [6.45, 7) is 3.86. The maximum Gasteiger partial charge on any atom is 0.306 e. The first kappa shape index (κ1) is 16.7. The van der Waals surface area contributed by atoms with Crippen molar-refractivity contribution >= 4 is 11.7 Å². The molecular weight excluding hydrogens is 302 g/mol. The van der Waals surface area contributed by atoms with Crippen molar-refractivity contribution in [3.8, 4) is 0 Å². The number of rotatable bonds is 3.